The Morgan fingerprint density at radius 1 is 1.07 bits per heavy atom. The van der Waals surface area contributed by atoms with Gasteiger partial charge >= 0.3 is 0 Å². The van der Waals surface area contributed by atoms with Crippen molar-refractivity contribution in [3.63, 3.8) is 0 Å². The molecule has 0 saturated heterocycles. The summed E-state index contributed by atoms with van der Waals surface area (Å²) >= 11 is 0. The molecule has 0 bridgehead atoms. The van der Waals surface area contributed by atoms with Crippen LogP contribution in [0.5, 0.6) is 5.75 Å². The lowest BCUT2D eigenvalue weighted by Gasteiger charge is -2.13. The zero-order valence-corrected chi connectivity index (χ0v) is 16.3. The summed E-state index contributed by atoms with van der Waals surface area (Å²) in [5.41, 5.74) is 4.75. The smallest absolute Gasteiger partial charge is 0.244 e. The van der Waals surface area contributed by atoms with Crippen LogP contribution in [0.3, 0.4) is 0 Å². The Balaban J connectivity index is 1.91. The van der Waals surface area contributed by atoms with Gasteiger partial charge in [0.1, 0.15) is 5.75 Å². The van der Waals surface area contributed by atoms with E-state index in [0.717, 1.165) is 27.9 Å². The molecule has 0 radical (unpaired) electrons. The van der Waals surface area contributed by atoms with Gasteiger partial charge in [-0.25, -0.2) is 0 Å². The topological polar surface area (TPSA) is 67.4 Å². The van der Waals surface area contributed by atoms with Crippen LogP contribution in [0.25, 0.3) is 6.08 Å². The minimum absolute atomic E-state index is 0.0942. The summed E-state index contributed by atoms with van der Waals surface area (Å²) in [6, 6.07) is 11.5. The minimum atomic E-state index is -0.339. The number of para-hydroxylation sites is 1. The average Bonchev–Trinajstić information content (AvgIpc) is 2.62. The Labute approximate surface area is 160 Å². The van der Waals surface area contributed by atoms with Gasteiger partial charge in [-0.3, -0.25) is 9.59 Å². The number of hydrogen-bond acceptors (Lipinski definition) is 3. The van der Waals surface area contributed by atoms with Crippen molar-refractivity contribution in [2.24, 2.45) is 0 Å². The number of hydrogen-bond donors (Lipinski definition) is 2. The largest absolute Gasteiger partial charge is 0.493 e. The fourth-order valence-electron chi connectivity index (χ4n) is 2.86. The Morgan fingerprint density at radius 2 is 1.74 bits per heavy atom. The quantitative estimate of drug-likeness (QED) is 0.733. The number of amides is 2. The summed E-state index contributed by atoms with van der Waals surface area (Å²) in [7, 11) is 0. The monoisotopic (exact) mass is 366 g/mol. The molecule has 0 aromatic heterocycles. The van der Waals surface area contributed by atoms with E-state index in [0.29, 0.717) is 12.4 Å². The second kappa shape index (κ2) is 9.57. The van der Waals surface area contributed by atoms with E-state index in [4.69, 9.17) is 4.74 Å². The summed E-state index contributed by atoms with van der Waals surface area (Å²) in [5, 5.41) is 5.46. The van der Waals surface area contributed by atoms with Gasteiger partial charge in [0.2, 0.25) is 11.8 Å². The molecule has 0 atom stereocenters. The maximum absolute atomic E-state index is 12.1. The van der Waals surface area contributed by atoms with Crippen LogP contribution in [0.1, 0.15) is 29.2 Å². The molecule has 0 aliphatic heterocycles. The summed E-state index contributed by atoms with van der Waals surface area (Å²) in [5.74, 6) is 0.113. The highest BCUT2D eigenvalue weighted by atomic mass is 16.5. The van der Waals surface area contributed by atoms with Crippen molar-refractivity contribution >= 4 is 23.6 Å². The van der Waals surface area contributed by atoms with Crippen LogP contribution in [-0.2, 0) is 9.59 Å². The third kappa shape index (κ3) is 5.99. The van der Waals surface area contributed by atoms with Crippen LogP contribution in [0, 0.1) is 20.8 Å². The first kappa shape index (κ1) is 20.2. The number of aryl methyl sites for hydroxylation is 3. The second-order valence-corrected chi connectivity index (χ2v) is 6.34. The molecule has 2 amide bonds. The molecule has 0 aliphatic carbocycles. The SMILES string of the molecule is CCOc1ccccc1/C=C/C(=O)NCC(=O)Nc1c(C)cc(C)cc1C. The Kier molecular flexibility index (Phi) is 7.17. The molecule has 5 heteroatoms. The second-order valence-electron chi connectivity index (χ2n) is 6.34. The van der Waals surface area contributed by atoms with Crippen molar-refractivity contribution in [3.8, 4) is 5.75 Å². The van der Waals surface area contributed by atoms with Crippen LogP contribution < -0.4 is 15.4 Å². The van der Waals surface area contributed by atoms with E-state index in [1.54, 1.807) is 6.08 Å². The molecule has 27 heavy (non-hydrogen) atoms. The molecule has 2 aromatic rings. The van der Waals surface area contributed by atoms with E-state index >= 15 is 0 Å². The van der Waals surface area contributed by atoms with Crippen molar-refractivity contribution in [1.29, 1.82) is 0 Å². The molecule has 0 fully saturated rings. The Bertz CT molecular complexity index is 833. The zero-order chi connectivity index (χ0) is 19.8. The van der Waals surface area contributed by atoms with Gasteiger partial charge in [0.05, 0.1) is 13.2 Å². The zero-order valence-electron chi connectivity index (χ0n) is 16.3. The summed E-state index contributed by atoms with van der Waals surface area (Å²) in [6.07, 6.45) is 3.07. The number of carbonyl (C=O) groups is 2. The lowest BCUT2D eigenvalue weighted by molar-refractivity contribution is -0.121. The third-order valence-corrected chi connectivity index (χ3v) is 4.00. The Hall–Kier alpha value is -3.08. The molecule has 0 spiro atoms. The lowest BCUT2D eigenvalue weighted by atomic mass is 10.1. The van der Waals surface area contributed by atoms with E-state index in [9.17, 15) is 9.59 Å². The number of ether oxygens (including phenoxy) is 1. The van der Waals surface area contributed by atoms with Gasteiger partial charge in [0, 0.05) is 17.3 Å². The van der Waals surface area contributed by atoms with E-state index < -0.39 is 0 Å². The normalized spacial score (nSPS) is 10.7. The van der Waals surface area contributed by atoms with E-state index in [-0.39, 0.29) is 18.4 Å². The van der Waals surface area contributed by atoms with Gasteiger partial charge in [-0.1, -0.05) is 35.9 Å². The van der Waals surface area contributed by atoms with Crippen LogP contribution >= 0.6 is 0 Å². The number of rotatable bonds is 7. The van der Waals surface area contributed by atoms with Gasteiger partial charge < -0.3 is 15.4 Å². The molecular weight excluding hydrogens is 340 g/mol. The predicted molar refractivity (Wildman–Crippen MR) is 109 cm³/mol. The number of nitrogens with one attached hydrogen (secondary N) is 2. The molecule has 0 aliphatic rings. The molecule has 0 saturated carbocycles. The number of anilines is 1. The first-order valence-electron chi connectivity index (χ1n) is 8.96. The lowest BCUT2D eigenvalue weighted by Crippen LogP contribution is -2.32. The maximum Gasteiger partial charge on any atom is 0.244 e. The maximum atomic E-state index is 12.1. The first-order chi connectivity index (χ1) is 12.9. The van der Waals surface area contributed by atoms with Gasteiger partial charge in [0.15, 0.2) is 0 Å². The molecule has 0 heterocycles. The number of benzene rings is 2. The molecule has 2 rings (SSSR count). The fourth-order valence-corrected chi connectivity index (χ4v) is 2.86. The first-order valence-corrected chi connectivity index (χ1v) is 8.96. The van der Waals surface area contributed by atoms with Crippen LogP contribution in [0.4, 0.5) is 5.69 Å². The molecule has 0 unspecified atom stereocenters. The fraction of sp³-hybridized carbons (Fsp3) is 0.273. The average molecular weight is 366 g/mol. The van der Waals surface area contributed by atoms with Gasteiger partial charge in [-0.2, -0.15) is 0 Å². The van der Waals surface area contributed by atoms with Crippen molar-refractivity contribution < 1.29 is 14.3 Å². The van der Waals surface area contributed by atoms with Crippen LogP contribution in [-0.4, -0.2) is 25.0 Å². The summed E-state index contributed by atoms with van der Waals surface area (Å²) < 4.78 is 5.52. The van der Waals surface area contributed by atoms with Gasteiger partial charge in [0.25, 0.3) is 0 Å². The van der Waals surface area contributed by atoms with Crippen LogP contribution in [0.2, 0.25) is 0 Å². The molecule has 142 valence electrons. The summed E-state index contributed by atoms with van der Waals surface area (Å²) in [4.78, 5) is 24.2. The standard InChI is InChI=1S/C22H26N2O3/c1-5-27-19-9-7-6-8-18(19)10-11-20(25)23-14-21(26)24-22-16(3)12-15(2)13-17(22)4/h6-13H,5,14H2,1-4H3,(H,23,25)(H,24,26)/b11-10+. The predicted octanol–water partition coefficient (Wildman–Crippen LogP) is 3.78. The van der Waals surface area contributed by atoms with Gasteiger partial charge in [-0.15, -0.1) is 0 Å². The molecular formula is C22H26N2O3. The van der Waals surface area contributed by atoms with Crippen molar-refractivity contribution in [3.05, 3.63) is 64.7 Å². The minimum Gasteiger partial charge on any atom is -0.493 e. The van der Waals surface area contributed by atoms with E-state index in [2.05, 4.69) is 10.6 Å². The van der Waals surface area contributed by atoms with E-state index in [1.807, 2.05) is 64.1 Å². The van der Waals surface area contributed by atoms with Crippen molar-refractivity contribution in [2.75, 3.05) is 18.5 Å². The molecule has 2 N–H and O–H groups in total. The number of carbonyl (C=O) groups excluding carboxylic acids is 2. The molecule has 2 aromatic carbocycles. The van der Waals surface area contributed by atoms with Crippen molar-refractivity contribution in [2.45, 2.75) is 27.7 Å². The van der Waals surface area contributed by atoms with Gasteiger partial charge in [-0.05, 0) is 51.0 Å². The molecule has 5 nitrogen and oxygen atoms in total. The summed E-state index contributed by atoms with van der Waals surface area (Å²) in [6.45, 7) is 8.28. The highest BCUT2D eigenvalue weighted by Gasteiger charge is 2.09. The Morgan fingerprint density at radius 3 is 2.41 bits per heavy atom. The van der Waals surface area contributed by atoms with Crippen LogP contribution in [0.15, 0.2) is 42.5 Å². The highest BCUT2D eigenvalue weighted by Crippen LogP contribution is 2.21. The third-order valence-electron chi connectivity index (χ3n) is 4.00. The van der Waals surface area contributed by atoms with E-state index in [1.165, 1.54) is 6.08 Å². The van der Waals surface area contributed by atoms with Crippen molar-refractivity contribution in [1.82, 2.24) is 5.32 Å². The highest BCUT2D eigenvalue weighted by molar-refractivity contribution is 5.98.